The van der Waals surface area contributed by atoms with Crippen LogP contribution in [0.3, 0.4) is 0 Å². The van der Waals surface area contributed by atoms with Crippen LogP contribution >= 0.6 is 35.7 Å². The minimum absolute atomic E-state index is 0.0457. The van der Waals surface area contributed by atoms with Crippen molar-refractivity contribution in [3.05, 3.63) is 0 Å². The third kappa shape index (κ3) is 16.6. The zero-order chi connectivity index (χ0) is 23.5. The SMILES string of the molecule is C#CCOC(=O)C(C)(C)CCC(SC(=S)SCCCCCCCCCCCC)C(N)=O. The molecule has 0 fully saturated rings. The lowest BCUT2D eigenvalue weighted by Crippen LogP contribution is -2.31. The summed E-state index contributed by atoms with van der Waals surface area (Å²) >= 11 is 8.40. The van der Waals surface area contributed by atoms with Gasteiger partial charge >= 0.3 is 5.97 Å². The predicted octanol–water partition coefficient (Wildman–Crippen LogP) is 6.50. The molecule has 1 unspecified atom stereocenters. The zero-order valence-corrected chi connectivity index (χ0v) is 22.0. The second kappa shape index (κ2) is 18.8. The highest BCUT2D eigenvalue weighted by Gasteiger charge is 2.31. The Morgan fingerprint density at radius 3 is 2.13 bits per heavy atom. The van der Waals surface area contributed by atoms with Crippen LogP contribution in [0.25, 0.3) is 0 Å². The van der Waals surface area contributed by atoms with Gasteiger partial charge < -0.3 is 10.5 Å². The summed E-state index contributed by atoms with van der Waals surface area (Å²) in [6, 6.07) is 0. The molecule has 0 saturated heterocycles. The smallest absolute Gasteiger partial charge is 0.312 e. The normalized spacial score (nSPS) is 12.2. The molecule has 2 N–H and O–H groups in total. The molecule has 0 radical (unpaired) electrons. The van der Waals surface area contributed by atoms with Gasteiger partial charge in [0.25, 0.3) is 0 Å². The van der Waals surface area contributed by atoms with Gasteiger partial charge in [-0.05, 0) is 38.9 Å². The first-order valence-electron chi connectivity index (χ1n) is 11.5. The number of ether oxygens (including phenoxy) is 1. The molecule has 0 aromatic carbocycles. The number of terminal acetylenes is 1. The molecule has 0 bridgehead atoms. The maximum Gasteiger partial charge on any atom is 0.312 e. The summed E-state index contributed by atoms with van der Waals surface area (Å²) in [5.41, 5.74) is 4.83. The van der Waals surface area contributed by atoms with Gasteiger partial charge in [0, 0.05) is 0 Å². The number of esters is 1. The molecule has 0 rings (SSSR count). The van der Waals surface area contributed by atoms with Crippen molar-refractivity contribution in [3.63, 3.8) is 0 Å². The highest BCUT2D eigenvalue weighted by molar-refractivity contribution is 8.47. The highest BCUT2D eigenvalue weighted by Crippen LogP contribution is 2.31. The Kier molecular flexibility index (Phi) is 18.4. The fraction of sp³-hybridized carbons (Fsp3) is 0.792. The second-order valence-electron chi connectivity index (χ2n) is 8.49. The summed E-state index contributed by atoms with van der Waals surface area (Å²) in [6.45, 7) is 5.77. The minimum atomic E-state index is -0.726. The molecule has 1 amide bonds. The van der Waals surface area contributed by atoms with Crippen LogP contribution in [-0.2, 0) is 14.3 Å². The number of amides is 1. The molecule has 7 heteroatoms. The number of nitrogens with two attached hydrogens (primary N) is 1. The van der Waals surface area contributed by atoms with E-state index >= 15 is 0 Å². The van der Waals surface area contributed by atoms with Crippen molar-refractivity contribution < 1.29 is 14.3 Å². The lowest BCUT2D eigenvalue weighted by atomic mass is 9.87. The van der Waals surface area contributed by atoms with Crippen molar-refractivity contribution in [2.45, 2.75) is 103 Å². The van der Waals surface area contributed by atoms with E-state index in [1.165, 1.54) is 69.5 Å². The van der Waals surface area contributed by atoms with E-state index in [1.54, 1.807) is 25.6 Å². The number of rotatable bonds is 18. The van der Waals surface area contributed by atoms with Crippen LogP contribution in [0.1, 0.15) is 97.8 Å². The van der Waals surface area contributed by atoms with Crippen LogP contribution in [0.15, 0.2) is 0 Å². The summed E-state index contributed by atoms with van der Waals surface area (Å²) in [5.74, 6) is 2.49. The van der Waals surface area contributed by atoms with E-state index in [1.807, 2.05) is 0 Å². The molecule has 0 saturated carbocycles. The highest BCUT2D eigenvalue weighted by atomic mass is 32.2. The average molecular weight is 488 g/mol. The fourth-order valence-electron chi connectivity index (χ4n) is 3.05. The Hall–Kier alpha value is -0.710. The van der Waals surface area contributed by atoms with Crippen LogP contribution < -0.4 is 5.73 Å². The lowest BCUT2D eigenvalue weighted by molar-refractivity contribution is -0.152. The van der Waals surface area contributed by atoms with Crippen molar-refractivity contribution in [1.29, 1.82) is 0 Å². The number of carbonyl (C=O) groups excluding carboxylic acids is 2. The van der Waals surface area contributed by atoms with Gasteiger partial charge in [-0.25, -0.2) is 0 Å². The van der Waals surface area contributed by atoms with Crippen molar-refractivity contribution >= 4 is 51.1 Å². The van der Waals surface area contributed by atoms with Crippen LogP contribution in [0.2, 0.25) is 0 Å². The minimum Gasteiger partial charge on any atom is -0.452 e. The van der Waals surface area contributed by atoms with Gasteiger partial charge in [0.05, 0.1) is 10.7 Å². The summed E-state index contributed by atoms with van der Waals surface area (Å²) in [5, 5.41) is -0.438. The van der Waals surface area contributed by atoms with Gasteiger partial charge in [0.2, 0.25) is 5.91 Å². The van der Waals surface area contributed by atoms with Gasteiger partial charge in [0.1, 0.15) is 3.53 Å². The molecule has 0 aliphatic rings. The Bertz CT molecular complexity index is 573. The quantitative estimate of drug-likeness (QED) is 0.103. The summed E-state index contributed by atoms with van der Waals surface area (Å²) < 4.78 is 5.77. The van der Waals surface area contributed by atoms with Crippen molar-refractivity contribution in [2.75, 3.05) is 12.4 Å². The Morgan fingerprint density at radius 2 is 1.61 bits per heavy atom. The van der Waals surface area contributed by atoms with Crippen LogP contribution in [-0.4, -0.2) is 33.0 Å². The average Bonchev–Trinajstić information content (AvgIpc) is 2.72. The van der Waals surface area contributed by atoms with Crippen LogP contribution in [0.5, 0.6) is 0 Å². The maximum absolute atomic E-state index is 12.1. The van der Waals surface area contributed by atoms with Crippen molar-refractivity contribution in [2.24, 2.45) is 11.1 Å². The molecule has 0 heterocycles. The van der Waals surface area contributed by atoms with Gasteiger partial charge in [-0.15, -0.1) is 18.2 Å². The monoisotopic (exact) mass is 487 g/mol. The van der Waals surface area contributed by atoms with E-state index in [2.05, 4.69) is 12.8 Å². The molecule has 0 spiro atoms. The second-order valence-corrected chi connectivity index (χ2v) is 12.0. The fourth-order valence-corrected chi connectivity index (χ4v) is 5.62. The number of carbonyl (C=O) groups is 2. The van der Waals surface area contributed by atoms with Gasteiger partial charge in [-0.3, -0.25) is 9.59 Å². The first kappa shape index (κ1) is 30.3. The zero-order valence-electron chi connectivity index (χ0n) is 19.6. The van der Waals surface area contributed by atoms with Crippen LogP contribution in [0.4, 0.5) is 0 Å². The molecule has 0 aliphatic heterocycles. The van der Waals surface area contributed by atoms with E-state index in [4.69, 9.17) is 29.1 Å². The number of primary amides is 1. The maximum atomic E-state index is 12.1. The number of thioether (sulfide) groups is 2. The molecule has 4 nitrogen and oxygen atoms in total. The van der Waals surface area contributed by atoms with E-state index < -0.39 is 16.6 Å². The Labute approximate surface area is 204 Å². The van der Waals surface area contributed by atoms with E-state index in [9.17, 15) is 9.59 Å². The predicted molar refractivity (Wildman–Crippen MR) is 140 cm³/mol. The third-order valence-electron chi connectivity index (χ3n) is 5.14. The molecular weight excluding hydrogens is 446 g/mol. The molecule has 0 aromatic rings. The number of hydrogen-bond donors (Lipinski definition) is 1. The van der Waals surface area contributed by atoms with Crippen molar-refractivity contribution in [3.8, 4) is 12.3 Å². The van der Waals surface area contributed by atoms with E-state index in [0.717, 1.165) is 15.7 Å². The topological polar surface area (TPSA) is 69.4 Å². The van der Waals surface area contributed by atoms with Gasteiger partial charge in [0.15, 0.2) is 6.61 Å². The Balaban J connectivity index is 4.02. The summed E-state index contributed by atoms with van der Waals surface area (Å²) in [7, 11) is 0. The number of hydrogen-bond acceptors (Lipinski definition) is 6. The van der Waals surface area contributed by atoms with Crippen molar-refractivity contribution in [1.82, 2.24) is 0 Å². The number of thiocarbonyl (C=S) groups is 1. The largest absolute Gasteiger partial charge is 0.452 e. The molecule has 178 valence electrons. The lowest BCUT2D eigenvalue weighted by Gasteiger charge is -2.23. The van der Waals surface area contributed by atoms with E-state index in [-0.39, 0.29) is 12.6 Å². The standard InChI is InChI=1S/C24H41NO3S3/c1-5-7-8-9-10-11-12-13-14-15-19-30-23(29)31-20(21(25)26)16-17-24(3,4)22(27)28-18-6-2/h2,20H,5,7-19H2,1,3-4H3,(H2,25,26). The summed E-state index contributed by atoms with van der Waals surface area (Å²) in [6.07, 6.45) is 19.2. The first-order chi connectivity index (χ1) is 14.7. The molecule has 31 heavy (non-hydrogen) atoms. The summed E-state index contributed by atoms with van der Waals surface area (Å²) in [4.78, 5) is 23.9. The van der Waals surface area contributed by atoms with Gasteiger partial charge in [-0.1, -0.05) is 94.6 Å². The third-order valence-corrected chi connectivity index (χ3v) is 8.10. The molecular formula is C24H41NO3S3. The number of unbranched alkanes of at least 4 members (excludes halogenated alkanes) is 9. The first-order valence-corrected chi connectivity index (χ1v) is 13.7. The molecule has 1 atom stereocenters. The van der Waals surface area contributed by atoms with Crippen LogP contribution in [0, 0.1) is 17.8 Å². The Morgan fingerprint density at radius 1 is 1.06 bits per heavy atom. The molecule has 0 aliphatic carbocycles. The van der Waals surface area contributed by atoms with Gasteiger partial charge in [-0.2, -0.15) is 0 Å². The van der Waals surface area contributed by atoms with E-state index in [0.29, 0.717) is 12.8 Å². The molecule has 0 aromatic heterocycles.